The number of hydrogen-bond donors (Lipinski definition) is 0. The summed E-state index contributed by atoms with van der Waals surface area (Å²) in [5, 5.41) is 8.25. The summed E-state index contributed by atoms with van der Waals surface area (Å²) < 4.78 is 8.38. The molecular formula is C18H22BrN7O2. The van der Waals surface area contributed by atoms with E-state index in [-0.39, 0.29) is 17.7 Å². The van der Waals surface area contributed by atoms with Crippen LogP contribution in [0.4, 0.5) is 10.6 Å². The number of hydrogen-bond acceptors (Lipinski definition) is 7. The van der Waals surface area contributed by atoms with Gasteiger partial charge in [-0.3, -0.25) is 4.40 Å². The van der Waals surface area contributed by atoms with E-state index in [4.69, 9.17) is 9.72 Å². The maximum atomic E-state index is 12.3. The number of fused-ring (bicyclic) bond motifs is 3. The van der Waals surface area contributed by atoms with Crippen molar-refractivity contribution in [2.45, 2.75) is 39.3 Å². The number of rotatable bonds is 2. The highest BCUT2D eigenvalue weighted by Gasteiger charge is 2.35. The summed E-state index contributed by atoms with van der Waals surface area (Å²) in [6.45, 7) is 8.94. The van der Waals surface area contributed by atoms with Gasteiger partial charge in [0.15, 0.2) is 11.5 Å². The molecule has 0 saturated carbocycles. The lowest BCUT2D eigenvalue weighted by atomic mass is 10.1. The van der Waals surface area contributed by atoms with Crippen LogP contribution in [0.5, 0.6) is 0 Å². The summed E-state index contributed by atoms with van der Waals surface area (Å²) in [6.07, 6.45) is 1.15. The van der Waals surface area contributed by atoms with Crippen molar-refractivity contribution in [1.82, 2.24) is 29.5 Å². The Morgan fingerprint density at radius 1 is 1.32 bits per heavy atom. The van der Waals surface area contributed by atoms with Crippen LogP contribution in [-0.2, 0) is 4.74 Å². The van der Waals surface area contributed by atoms with E-state index in [1.165, 1.54) is 0 Å². The normalized spacial score (nSPS) is 15.1. The van der Waals surface area contributed by atoms with E-state index in [1.807, 2.05) is 43.1 Å². The number of carbonyl (C=O) groups excluding carboxylic acids is 1. The molecule has 0 spiro atoms. The lowest BCUT2D eigenvalue weighted by Gasteiger charge is -2.41. The van der Waals surface area contributed by atoms with E-state index in [0.717, 1.165) is 15.7 Å². The Bertz CT molecular complexity index is 1070. The predicted molar refractivity (Wildman–Crippen MR) is 109 cm³/mol. The minimum atomic E-state index is -0.321. The van der Waals surface area contributed by atoms with Crippen molar-refractivity contribution in [2.24, 2.45) is 0 Å². The summed E-state index contributed by atoms with van der Waals surface area (Å²) in [4.78, 5) is 25.2. The van der Waals surface area contributed by atoms with Gasteiger partial charge >= 0.3 is 6.09 Å². The fourth-order valence-electron chi connectivity index (χ4n) is 2.93. The molecule has 4 heterocycles. The number of aryl methyl sites for hydroxylation is 1. The topological polar surface area (TPSA) is 88.8 Å². The third-order valence-corrected chi connectivity index (χ3v) is 5.83. The summed E-state index contributed by atoms with van der Waals surface area (Å²) in [6, 6.07) is 1.97. The number of carbonyl (C=O) groups is 1. The van der Waals surface area contributed by atoms with Crippen molar-refractivity contribution in [2.75, 3.05) is 25.0 Å². The highest BCUT2D eigenvalue weighted by atomic mass is 79.9. The van der Waals surface area contributed by atoms with Gasteiger partial charge in [0.2, 0.25) is 5.65 Å². The minimum absolute atomic E-state index is 0.183. The summed E-state index contributed by atoms with van der Waals surface area (Å²) in [7, 11) is 1.75. The van der Waals surface area contributed by atoms with Crippen LogP contribution in [0, 0.1) is 6.92 Å². The molecule has 3 aromatic rings. The monoisotopic (exact) mass is 447 g/mol. The van der Waals surface area contributed by atoms with Gasteiger partial charge in [-0.05, 0) is 49.7 Å². The average molecular weight is 448 g/mol. The van der Waals surface area contributed by atoms with Crippen LogP contribution >= 0.6 is 15.9 Å². The summed E-state index contributed by atoms with van der Waals surface area (Å²) in [5.74, 6) is 0.690. The van der Waals surface area contributed by atoms with Crippen molar-refractivity contribution in [1.29, 1.82) is 0 Å². The standard InChI is InChI=1S/C18H22BrN7O2/c1-10-12(19)6-13-14(21-10)22-15(16-23-20-9-26(13)16)25-7-11(8-25)28-17(27)24(5)18(2,3)4/h6,9,11H,7-8H2,1-5H3. The van der Waals surface area contributed by atoms with E-state index < -0.39 is 0 Å². The molecule has 0 aromatic carbocycles. The first-order chi connectivity index (χ1) is 13.1. The molecule has 1 aliphatic rings. The molecule has 1 fully saturated rings. The zero-order valence-corrected chi connectivity index (χ0v) is 18.1. The first kappa shape index (κ1) is 18.9. The molecule has 0 atom stereocenters. The zero-order chi connectivity index (χ0) is 20.2. The number of ether oxygens (including phenoxy) is 1. The van der Waals surface area contributed by atoms with Gasteiger partial charge in [0.05, 0.1) is 24.3 Å². The Morgan fingerprint density at radius 3 is 2.71 bits per heavy atom. The van der Waals surface area contributed by atoms with Gasteiger partial charge in [0, 0.05) is 17.1 Å². The molecule has 3 aromatic heterocycles. The molecule has 1 aliphatic heterocycles. The highest BCUT2D eigenvalue weighted by Crippen LogP contribution is 2.29. The molecule has 148 valence electrons. The largest absolute Gasteiger partial charge is 0.442 e. The van der Waals surface area contributed by atoms with Crippen LogP contribution in [0.1, 0.15) is 26.5 Å². The second-order valence-corrected chi connectivity index (χ2v) is 8.85. The van der Waals surface area contributed by atoms with Crippen molar-refractivity contribution < 1.29 is 9.53 Å². The third-order valence-electron chi connectivity index (χ3n) is 5.03. The molecule has 0 N–H and O–H groups in total. The molecular weight excluding hydrogens is 426 g/mol. The number of nitrogens with zero attached hydrogens (tertiary/aromatic N) is 7. The Morgan fingerprint density at radius 2 is 2.04 bits per heavy atom. The first-order valence-corrected chi connectivity index (χ1v) is 9.80. The van der Waals surface area contributed by atoms with E-state index in [0.29, 0.717) is 30.2 Å². The van der Waals surface area contributed by atoms with Gasteiger partial charge in [-0.1, -0.05) is 0 Å². The molecule has 0 unspecified atom stereocenters. The fraction of sp³-hybridized carbons (Fsp3) is 0.500. The van der Waals surface area contributed by atoms with Crippen LogP contribution in [0.3, 0.4) is 0 Å². The van der Waals surface area contributed by atoms with E-state index in [1.54, 1.807) is 18.3 Å². The molecule has 0 radical (unpaired) electrons. The van der Waals surface area contributed by atoms with Crippen molar-refractivity contribution in [3.8, 4) is 0 Å². The lowest BCUT2D eigenvalue weighted by molar-refractivity contribution is 0.0365. The molecule has 1 saturated heterocycles. The number of pyridine rings is 1. The van der Waals surface area contributed by atoms with E-state index >= 15 is 0 Å². The number of halogens is 1. The van der Waals surface area contributed by atoms with Gasteiger partial charge in [-0.2, -0.15) is 0 Å². The van der Waals surface area contributed by atoms with Gasteiger partial charge < -0.3 is 14.5 Å². The fourth-order valence-corrected chi connectivity index (χ4v) is 3.23. The first-order valence-electron chi connectivity index (χ1n) is 9.01. The van der Waals surface area contributed by atoms with E-state index in [9.17, 15) is 4.79 Å². The summed E-state index contributed by atoms with van der Waals surface area (Å²) in [5.41, 5.74) is 2.68. The van der Waals surface area contributed by atoms with E-state index in [2.05, 4.69) is 31.1 Å². The number of aromatic nitrogens is 5. The SMILES string of the molecule is Cc1nc2nc(N3CC(OC(=O)N(C)C(C)(C)C)C3)c3nncn3c2cc1Br. The minimum Gasteiger partial charge on any atom is -0.442 e. The molecule has 4 rings (SSSR count). The molecule has 0 aliphatic carbocycles. The molecule has 10 heteroatoms. The Kier molecular flexibility index (Phi) is 4.40. The van der Waals surface area contributed by atoms with Crippen LogP contribution < -0.4 is 4.90 Å². The highest BCUT2D eigenvalue weighted by molar-refractivity contribution is 9.10. The van der Waals surface area contributed by atoms with Gasteiger partial charge in [0.25, 0.3) is 0 Å². The number of anilines is 1. The lowest BCUT2D eigenvalue weighted by Crippen LogP contribution is -2.55. The Balaban J connectivity index is 1.57. The van der Waals surface area contributed by atoms with Crippen molar-refractivity contribution >= 4 is 44.7 Å². The van der Waals surface area contributed by atoms with Crippen LogP contribution in [0.15, 0.2) is 16.9 Å². The molecule has 9 nitrogen and oxygen atoms in total. The third kappa shape index (κ3) is 3.15. The van der Waals surface area contributed by atoms with Gasteiger partial charge in [-0.15, -0.1) is 10.2 Å². The predicted octanol–water partition coefficient (Wildman–Crippen LogP) is 2.80. The average Bonchev–Trinajstić information content (AvgIpc) is 3.07. The zero-order valence-electron chi connectivity index (χ0n) is 16.5. The van der Waals surface area contributed by atoms with Crippen molar-refractivity contribution in [3.05, 3.63) is 22.6 Å². The molecule has 1 amide bonds. The van der Waals surface area contributed by atoms with Gasteiger partial charge in [-0.25, -0.2) is 14.8 Å². The van der Waals surface area contributed by atoms with Crippen LogP contribution in [0.25, 0.3) is 16.8 Å². The maximum absolute atomic E-state index is 12.3. The summed E-state index contributed by atoms with van der Waals surface area (Å²) >= 11 is 3.51. The van der Waals surface area contributed by atoms with Crippen LogP contribution in [0.2, 0.25) is 0 Å². The quantitative estimate of drug-likeness (QED) is 0.596. The molecule has 28 heavy (non-hydrogen) atoms. The Labute approximate surface area is 170 Å². The second kappa shape index (κ2) is 6.54. The number of amides is 1. The van der Waals surface area contributed by atoms with Crippen molar-refractivity contribution in [3.63, 3.8) is 0 Å². The smallest absolute Gasteiger partial charge is 0.410 e. The Hall–Kier alpha value is -2.49. The maximum Gasteiger partial charge on any atom is 0.410 e. The molecule has 0 bridgehead atoms. The van der Waals surface area contributed by atoms with Gasteiger partial charge in [0.1, 0.15) is 12.4 Å². The van der Waals surface area contributed by atoms with Crippen LogP contribution in [-0.4, -0.2) is 67.3 Å². The second-order valence-electron chi connectivity index (χ2n) is 8.00.